The van der Waals surface area contributed by atoms with Gasteiger partial charge < -0.3 is 4.42 Å². The lowest BCUT2D eigenvalue weighted by molar-refractivity contribution is 0.334. The zero-order valence-corrected chi connectivity index (χ0v) is 39.1. The molecule has 5 nitrogen and oxygen atoms in total. The van der Waals surface area contributed by atoms with Crippen LogP contribution in [0.5, 0.6) is 0 Å². The Kier molecular flexibility index (Phi) is 9.65. The van der Waals surface area contributed by atoms with Crippen LogP contribution in [0.4, 0.5) is 0 Å². The lowest BCUT2D eigenvalue weighted by Crippen LogP contribution is -2.23. The highest BCUT2D eigenvalue weighted by molar-refractivity contribution is 6.08. The Morgan fingerprint density at radius 1 is 0.576 bits per heavy atom. The van der Waals surface area contributed by atoms with E-state index >= 15 is 0 Å². The molecule has 1 atom stereocenters. The van der Waals surface area contributed by atoms with Crippen LogP contribution in [0.3, 0.4) is 0 Å². The van der Waals surface area contributed by atoms with E-state index in [4.69, 9.17) is 24.9 Å². The van der Waals surface area contributed by atoms with E-state index in [0.29, 0.717) is 35.4 Å². The van der Waals surface area contributed by atoms with Crippen molar-refractivity contribution in [1.82, 2.24) is 19.9 Å². The summed E-state index contributed by atoms with van der Waals surface area (Å²) >= 11 is 0. The molecule has 0 N–H and O–H groups in total. The third-order valence-electron chi connectivity index (χ3n) is 13.0. The van der Waals surface area contributed by atoms with Gasteiger partial charge in [-0.1, -0.05) is 159 Å². The van der Waals surface area contributed by atoms with Gasteiger partial charge in [0.05, 0.1) is 17.1 Å². The maximum absolute atomic E-state index is 9.81. The molecule has 9 rings (SSSR count). The smallest absolute Gasteiger partial charge is 0.227 e. The number of nitrogens with zero attached hydrogens (tertiary/aromatic N) is 4. The summed E-state index contributed by atoms with van der Waals surface area (Å²) in [6.07, 6.45) is 0.192. The molecular weight excluding hydrogens is 805 g/mol. The summed E-state index contributed by atoms with van der Waals surface area (Å²) in [6.45, 7) is 13.4. The molecule has 0 saturated carbocycles. The summed E-state index contributed by atoms with van der Waals surface area (Å²) in [4.78, 5) is 19.1. The summed E-state index contributed by atoms with van der Waals surface area (Å²) in [5, 5.41) is 1.44. The molecule has 0 saturated heterocycles. The monoisotopic (exact) mass is 875 g/mol. The van der Waals surface area contributed by atoms with Crippen molar-refractivity contribution in [3.8, 4) is 33.8 Å². The summed E-state index contributed by atoms with van der Waals surface area (Å²) in [5.74, 6) is -1.03. The van der Waals surface area contributed by atoms with Crippen molar-refractivity contribution in [1.29, 1.82) is 0 Å². The minimum absolute atomic E-state index is 0.0754. The van der Waals surface area contributed by atoms with Crippen LogP contribution >= 0.6 is 0 Å². The predicted octanol–water partition coefficient (Wildman–Crippen LogP) is 15.5. The first-order valence-corrected chi connectivity index (χ1v) is 22.7. The van der Waals surface area contributed by atoms with E-state index in [9.17, 15) is 5.48 Å². The molecule has 332 valence electrons. The average Bonchev–Trinajstić information content (AvgIpc) is 3.74. The number of aromatic nitrogens is 4. The van der Waals surface area contributed by atoms with Gasteiger partial charge in [0.2, 0.25) is 5.71 Å². The number of aryl methyl sites for hydroxylation is 3. The zero-order chi connectivity index (χ0) is 53.2. The van der Waals surface area contributed by atoms with Crippen LogP contribution in [0.1, 0.15) is 117 Å². The molecule has 5 heterocycles. The van der Waals surface area contributed by atoms with Gasteiger partial charge in [-0.15, -0.1) is 0 Å². The van der Waals surface area contributed by atoms with E-state index in [1.807, 2.05) is 137 Å². The average molecular weight is 875 g/mol. The molecule has 5 aromatic heterocycles. The molecule has 0 aliphatic carbocycles. The minimum Gasteiger partial charge on any atom is -0.437 e. The largest absolute Gasteiger partial charge is 0.437 e. The highest BCUT2D eigenvalue weighted by Gasteiger charge is 2.27. The number of rotatable bonds is 13. The summed E-state index contributed by atoms with van der Waals surface area (Å²) in [6, 6.07) is 44.1. The Labute approximate surface area is 402 Å². The first-order chi connectivity index (χ1) is 34.7. The second-order valence-electron chi connectivity index (χ2n) is 19.8. The van der Waals surface area contributed by atoms with E-state index in [2.05, 4.69) is 50.9 Å². The molecule has 66 heavy (non-hydrogen) atoms. The van der Waals surface area contributed by atoms with Crippen molar-refractivity contribution in [2.75, 3.05) is 0 Å². The van der Waals surface area contributed by atoms with Crippen molar-refractivity contribution in [2.24, 2.45) is 5.41 Å². The fraction of sp³-hybridized carbons (Fsp3) is 0.279. The number of hydrogen-bond donors (Lipinski definition) is 0. The standard InChI is InChI=1S/C61H62N4O/c1-40-31-56(52-22-16-21-50-51-27-30-53(41(2)59(3,4)5)65-58(51)66-57(50)52)62-37-47(40)24-23-42-32-43(35-60(6,7)48-25-28-54(63-38-48)45-17-12-10-13-18-45)34-44(33-42)36-61(8,9)49-26-29-55(64-39-49)46-19-14-11-15-20-46/h10-22,25-34,37-39,41H,23-24,35-36H2,1-9H3/i1D3,23D2,24D2,41D. The second kappa shape index (κ2) is 17.9. The van der Waals surface area contributed by atoms with Crippen LogP contribution in [0, 0.1) is 12.3 Å². The number of pyridine rings is 4. The lowest BCUT2D eigenvalue weighted by Gasteiger charge is -2.28. The number of benzene rings is 4. The molecule has 9 aromatic rings. The van der Waals surface area contributed by atoms with Gasteiger partial charge in [0, 0.05) is 68.6 Å². The lowest BCUT2D eigenvalue weighted by atomic mass is 9.77. The van der Waals surface area contributed by atoms with Gasteiger partial charge in [0.25, 0.3) is 0 Å². The van der Waals surface area contributed by atoms with Crippen molar-refractivity contribution in [2.45, 2.75) is 105 Å². The van der Waals surface area contributed by atoms with Crippen molar-refractivity contribution >= 4 is 22.1 Å². The van der Waals surface area contributed by atoms with Crippen molar-refractivity contribution < 1.29 is 15.4 Å². The Morgan fingerprint density at radius 2 is 1.15 bits per heavy atom. The van der Waals surface area contributed by atoms with Gasteiger partial charge in [0.15, 0.2) is 0 Å². The van der Waals surface area contributed by atoms with Crippen LogP contribution in [0.15, 0.2) is 163 Å². The van der Waals surface area contributed by atoms with Crippen LogP contribution in [-0.4, -0.2) is 19.9 Å². The summed E-state index contributed by atoms with van der Waals surface area (Å²) in [7, 11) is 0. The van der Waals surface area contributed by atoms with Gasteiger partial charge in [-0.2, -0.15) is 0 Å². The fourth-order valence-corrected chi connectivity index (χ4v) is 8.73. The van der Waals surface area contributed by atoms with Crippen LogP contribution in [0.25, 0.3) is 55.8 Å². The van der Waals surface area contributed by atoms with E-state index in [1.54, 1.807) is 18.2 Å². The molecule has 0 radical (unpaired) electrons. The maximum Gasteiger partial charge on any atom is 0.227 e. The Hall–Kier alpha value is -6.72. The summed E-state index contributed by atoms with van der Waals surface area (Å²) in [5.41, 5.74) is 7.16. The first-order valence-electron chi connectivity index (χ1n) is 26.7. The van der Waals surface area contributed by atoms with Gasteiger partial charge >= 0.3 is 0 Å². The second-order valence-corrected chi connectivity index (χ2v) is 19.8. The third-order valence-corrected chi connectivity index (χ3v) is 13.0. The van der Waals surface area contributed by atoms with Crippen molar-refractivity contribution in [3.63, 3.8) is 0 Å². The molecule has 1 unspecified atom stereocenters. The Balaban J connectivity index is 1.11. The van der Waals surface area contributed by atoms with Gasteiger partial charge in [0.1, 0.15) is 5.58 Å². The Morgan fingerprint density at radius 3 is 1.70 bits per heavy atom. The number of para-hydroxylation sites is 1. The highest BCUT2D eigenvalue weighted by Crippen LogP contribution is 2.39. The topological polar surface area (TPSA) is 64.7 Å². The Bertz CT molecular complexity index is 3370. The van der Waals surface area contributed by atoms with E-state index in [1.165, 1.54) is 6.07 Å². The molecule has 4 aromatic carbocycles. The normalized spacial score (nSPS) is 15.7. The molecule has 0 bridgehead atoms. The SMILES string of the molecule is [2H]C([2H])([2H])c1cc(-c2cccc3c2oc2nc(C([2H])(C)C(C)(C)C)ccc23)ncc1C([2H])([2H])C([2H])([2H])c1cc(CC(C)(C)c2ccc(-c3ccccc3)nc2)cc(CC(C)(C)c2ccc(-c3ccccc3)nc2)c1. The fourth-order valence-electron chi connectivity index (χ4n) is 8.73. The molecule has 0 fully saturated rings. The molecule has 0 aliphatic heterocycles. The van der Waals surface area contributed by atoms with Gasteiger partial charge in [-0.25, -0.2) is 4.98 Å². The minimum atomic E-state index is -2.90. The number of fused-ring (bicyclic) bond motifs is 3. The molecule has 0 aliphatic rings. The predicted molar refractivity (Wildman–Crippen MR) is 274 cm³/mol. The molecule has 0 spiro atoms. The molecular formula is C61H62N4O. The van der Waals surface area contributed by atoms with Crippen LogP contribution in [-0.2, 0) is 36.4 Å². The summed E-state index contributed by atoms with van der Waals surface area (Å²) < 4.78 is 80.9. The van der Waals surface area contributed by atoms with E-state index in [0.717, 1.165) is 61.7 Å². The zero-order valence-electron chi connectivity index (χ0n) is 47.1. The van der Waals surface area contributed by atoms with E-state index in [-0.39, 0.29) is 22.4 Å². The number of furan rings is 1. The first kappa shape index (κ1) is 35.5. The van der Waals surface area contributed by atoms with E-state index < -0.39 is 41.7 Å². The molecule has 5 heteroatoms. The van der Waals surface area contributed by atoms with Gasteiger partial charge in [-0.3, -0.25) is 15.0 Å². The number of hydrogen-bond acceptors (Lipinski definition) is 5. The quantitative estimate of drug-likeness (QED) is 0.115. The van der Waals surface area contributed by atoms with Crippen LogP contribution < -0.4 is 0 Å². The van der Waals surface area contributed by atoms with Crippen molar-refractivity contribution in [3.05, 3.63) is 203 Å². The van der Waals surface area contributed by atoms with Crippen LogP contribution in [0.2, 0.25) is 0 Å². The van der Waals surface area contributed by atoms with Gasteiger partial charge in [-0.05, 0) is 124 Å². The third kappa shape index (κ3) is 9.49. The maximum atomic E-state index is 9.81. The molecule has 0 amide bonds. The highest BCUT2D eigenvalue weighted by atomic mass is 16.3.